The van der Waals surface area contributed by atoms with Crippen molar-refractivity contribution in [2.45, 2.75) is 51.4 Å². The number of carbonyl (C=O) groups is 1. The molecule has 2 aliphatic rings. The van der Waals surface area contributed by atoms with E-state index in [0.717, 1.165) is 24.7 Å². The molecule has 2 saturated carbocycles. The smallest absolute Gasteiger partial charge is 0.140 e. The van der Waals surface area contributed by atoms with Crippen LogP contribution in [0.4, 0.5) is 4.39 Å². The molecule has 0 amide bonds. The van der Waals surface area contributed by atoms with Gasteiger partial charge in [-0.1, -0.05) is 43.4 Å². The van der Waals surface area contributed by atoms with Crippen LogP contribution in [0.5, 0.6) is 0 Å². The van der Waals surface area contributed by atoms with E-state index in [-0.39, 0.29) is 23.9 Å². The standard InChI is InChI=1S/C18H22ClFO/c19-16-8-7-14(17(20)11-16)10-18(21)15-6-5-12-3-1-2-4-13(12)9-15/h7-8,11-13,15H,1-6,9-10H2. The van der Waals surface area contributed by atoms with Gasteiger partial charge in [-0.05, 0) is 48.8 Å². The van der Waals surface area contributed by atoms with Gasteiger partial charge in [0, 0.05) is 17.4 Å². The van der Waals surface area contributed by atoms with Crippen molar-refractivity contribution in [2.24, 2.45) is 17.8 Å². The number of Topliss-reactive ketones (excluding diaryl/α,β-unsaturated/α-hetero) is 1. The maximum atomic E-state index is 13.8. The largest absolute Gasteiger partial charge is 0.299 e. The molecule has 1 nitrogen and oxygen atoms in total. The van der Waals surface area contributed by atoms with Crippen molar-refractivity contribution in [2.75, 3.05) is 0 Å². The first kappa shape index (κ1) is 15.0. The Labute approximate surface area is 130 Å². The summed E-state index contributed by atoms with van der Waals surface area (Å²) in [4.78, 5) is 12.5. The topological polar surface area (TPSA) is 17.1 Å². The monoisotopic (exact) mass is 308 g/mol. The molecule has 0 saturated heterocycles. The summed E-state index contributed by atoms with van der Waals surface area (Å²) >= 11 is 5.75. The first-order valence-corrected chi connectivity index (χ1v) is 8.48. The maximum absolute atomic E-state index is 13.8. The lowest BCUT2D eigenvalue weighted by Gasteiger charge is -2.38. The molecule has 0 aromatic heterocycles. The van der Waals surface area contributed by atoms with Gasteiger partial charge in [0.1, 0.15) is 11.6 Å². The molecule has 1 aromatic rings. The summed E-state index contributed by atoms with van der Waals surface area (Å²) in [6.45, 7) is 0. The van der Waals surface area contributed by atoms with Crippen LogP contribution in [0.15, 0.2) is 18.2 Å². The second kappa shape index (κ2) is 6.48. The molecule has 0 N–H and O–H groups in total. The normalized spacial score (nSPS) is 29.0. The second-order valence-corrected chi connectivity index (χ2v) is 7.13. The van der Waals surface area contributed by atoms with Gasteiger partial charge in [-0.3, -0.25) is 4.79 Å². The van der Waals surface area contributed by atoms with Gasteiger partial charge in [-0.25, -0.2) is 4.39 Å². The van der Waals surface area contributed by atoms with Crippen LogP contribution >= 0.6 is 11.6 Å². The minimum atomic E-state index is -0.359. The molecule has 0 radical (unpaired) electrons. The molecule has 3 unspecified atom stereocenters. The number of halogens is 2. The summed E-state index contributed by atoms with van der Waals surface area (Å²) in [6.07, 6.45) is 8.72. The van der Waals surface area contributed by atoms with Crippen LogP contribution in [0.25, 0.3) is 0 Å². The molecule has 0 bridgehead atoms. The molecule has 0 aliphatic heterocycles. The number of ketones is 1. The van der Waals surface area contributed by atoms with E-state index in [4.69, 9.17) is 11.6 Å². The SMILES string of the molecule is O=C(Cc1ccc(Cl)cc1F)C1CCC2CCCCC2C1. The minimum absolute atomic E-state index is 0.138. The van der Waals surface area contributed by atoms with Gasteiger partial charge in [0.25, 0.3) is 0 Å². The fourth-order valence-corrected chi connectivity index (χ4v) is 4.32. The zero-order valence-corrected chi connectivity index (χ0v) is 13.0. The highest BCUT2D eigenvalue weighted by Gasteiger charge is 2.34. The fourth-order valence-electron chi connectivity index (χ4n) is 4.16. The summed E-state index contributed by atoms with van der Waals surface area (Å²) in [5.41, 5.74) is 0.482. The molecule has 3 atom stereocenters. The Morgan fingerprint density at radius 3 is 2.67 bits per heavy atom. The van der Waals surface area contributed by atoms with Gasteiger partial charge in [0.2, 0.25) is 0 Å². The highest BCUT2D eigenvalue weighted by molar-refractivity contribution is 6.30. The van der Waals surface area contributed by atoms with Crippen LogP contribution < -0.4 is 0 Å². The summed E-state index contributed by atoms with van der Waals surface area (Å²) in [6, 6.07) is 4.59. The maximum Gasteiger partial charge on any atom is 0.140 e. The van der Waals surface area contributed by atoms with Crippen molar-refractivity contribution in [1.29, 1.82) is 0 Å². The van der Waals surface area contributed by atoms with Gasteiger partial charge in [0.05, 0.1) is 0 Å². The Morgan fingerprint density at radius 1 is 1.14 bits per heavy atom. The van der Waals surface area contributed by atoms with Crippen LogP contribution in [0, 0.1) is 23.6 Å². The van der Waals surface area contributed by atoms with E-state index >= 15 is 0 Å². The van der Waals surface area contributed by atoms with Gasteiger partial charge in [-0.15, -0.1) is 0 Å². The van der Waals surface area contributed by atoms with E-state index in [1.807, 2.05) is 0 Å². The van der Waals surface area contributed by atoms with E-state index in [2.05, 4.69) is 0 Å². The summed E-state index contributed by atoms with van der Waals surface area (Å²) in [5, 5.41) is 0.381. The van der Waals surface area contributed by atoms with E-state index in [0.29, 0.717) is 10.6 Å². The quantitative estimate of drug-likeness (QED) is 0.750. The van der Waals surface area contributed by atoms with Crippen LogP contribution in [0.2, 0.25) is 5.02 Å². The molecule has 21 heavy (non-hydrogen) atoms. The zero-order chi connectivity index (χ0) is 14.8. The van der Waals surface area contributed by atoms with Crippen molar-refractivity contribution in [3.05, 3.63) is 34.6 Å². The lowest BCUT2D eigenvalue weighted by atomic mass is 9.66. The average molecular weight is 309 g/mol. The Morgan fingerprint density at radius 2 is 1.90 bits per heavy atom. The first-order valence-electron chi connectivity index (χ1n) is 8.10. The molecular weight excluding hydrogens is 287 g/mol. The molecular formula is C18H22ClFO. The first-order chi connectivity index (χ1) is 10.1. The average Bonchev–Trinajstić information content (AvgIpc) is 2.49. The molecule has 0 heterocycles. The highest BCUT2D eigenvalue weighted by Crippen LogP contribution is 2.43. The fraction of sp³-hybridized carbons (Fsp3) is 0.611. The molecule has 2 aliphatic carbocycles. The highest BCUT2D eigenvalue weighted by atomic mass is 35.5. The number of rotatable bonds is 3. The lowest BCUT2D eigenvalue weighted by molar-refractivity contribution is -0.124. The summed E-state index contributed by atoms with van der Waals surface area (Å²) in [7, 11) is 0. The number of carbonyl (C=O) groups excluding carboxylic acids is 1. The summed E-state index contributed by atoms with van der Waals surface area (Å²) < 4.78 is 13.8. The predicted molar refractivity (Wildman–Crippen MR) is 82.9 cm³/mol. The summed E-state index contributed by atoms with van der Waals surface area (Å²) in [5.74, 6) is 1.56. The van der Waals surface area contributed by atoms with E-state index in [1.165, 1.54) is 38.2 Å². The molecule has 2 fully saturated rings. The molecule has 0 spiro atoms. The van der Waals surface area contributed by atoms with Crippen molar-refractivity contribution < 1.29 is 9.18 Å². The Balaban J connectivity index is 1.63. The van der Waals surface area contributed by atoms with Crippen LogP contribution in [-0.2, 0) is 11.2 Å². The van der Waals surface area contributed by atoms with Crippen LogP contribution in [-0.4, -0.2) is 5.78 Å². The zero-order valence-electron chi connectivity index (χ0n) is 12.3. The molecule has 1 aromatic carbocycles. The third-order valence-corrected chi connectivity index (χ3v) is 5.61. The number of hydrogen-bond donors (Lipinski definition) is 0. The number of fused-ring (bicyclic) bond motifs is 1. The van der Waals surface area contributed by atoms with E-state index in [9.17, 15) is 9.18 Å². The van der Waals surface area contributed by atoms with Gasteiger partial charge in [0.15, 0.2) is 0 Å². The molecule has 114 valence electrons. The van der Waals surface area contributed by atoms with Crippen molar-refractivity contribution in [3.8, 4) is 0 Å². The van der Waals surface area contributed by atoms with Crippen molar-refractivity contribution >= 4 is 17.4 Å². The predicted octanol–water partition coefficient (Wildman–Crippen LogP) is 5.20. The minimum Gasteiger partial charge on any atom is -0.299 e. The Hall–Kier alpha value is -0.890. The number of hydrogen-bond acceptors (Lipinski definition) is 1. The van der Waals surface area contributed by atoms with E-state index in [1.54, 1.807) is 12.1 Å². The van der Waals surface area contributed by atoms with Crippen molar-refractivity contribution in [3.63, 3.8) is 0 Å². The lowest BCUT2D eigenvalue weighted by Crippen LogP contribution is -2.32. The number of benzene rings is 1. The van der Waals surface area contributed by atoms with E-state index < -0.39 is 0 Å². The van der Waals surface area contributed by atoms with Crippen molar-refractivity contribution in [1.82, 2.24) is 0 Å². The van der Waals surface area contributed by atoms with Crippen LogP contribution in [0.3, 0.4) is 0 Å². The Bertz CT molecular complexity index is 528. The Kier molecular flexibility index (Phi) is 4.63. The van der Waals surface area contributed by atoms with Gasteiger partial charge < -0.3 is 0 Å². The molecule has 3 heteroatoms. The third kappa shape index (κ3) is 3.48. The van der Waals surface area contributed by atoms with Gasteiger partial charge in [-0.2, -0.15) is 0 Å². The molecule has 3 rings (SSSR count). The van der Waals surface area contributed by atoms with Crippen LogP contribution in [0.1, 0.15) is 50.5 Å². The van der Waals surface area contributed by atoms with Gasteiger partial charge >= 0.3 is 0 Å². The second-order valence-electron chi connectivity index (χ2n) is 6.69. The third-order valence-electron chi connectivity index (χ3n) is 5.37.